The summed E-state index contributed by atoms with van der Waals surface area (Å²) < 4.78 is 16.8. The van der Waals surface area contributed by atoms with E-state index >= 15 is 0 Å². The molecule has 0 rings (SSSR count). The number of esters is 3. The van der Waals surface area contributed by atoms with Gasteiger partial charge in [0.2, 0.25) is 0 Å². The molecule has 0 saturated carbocycles. The van der Waals surface area contributed by atoms with Crippen LogP contribution in [0.15, 0.2) is 0 Å². The molecule has 0 aliphatic heterocycles. The lowest BCUT2D eigenvalue weighted by molar-refractivity contribution is -0.167. The van der Waals surface area contributed by atoms with Crippen molar-refractivity contribution in [2.45, 2.75) is 297 Å². The second-order valence-electron chi connectivity index (χ2n) is 17.5. The van der Waals surface area contributed by atoms with Crippen LogP contribution in [0.4, 0.5) is 0 Å². The van der Waals surface area contributed by atoms with Gasteiger partial charge in [-0.05, 0) is 19.3 Å². The highest BCUT2D eigenvalue weighted by atomic mass is 16.6. The Hall–Kier alpha value is -1.59. The molecular weight excluding hydrogens is 709 g/mol. The molecule has 0 spiro atoms. The Labute approximate surface area is 355 Å². The molecule has 1 unspecified atom stereocenters. The molecule has 1 atom stereocenters. The fourth-order valence-electron chi connectivity index (χ4n) is 7.74. The van der Waals surface area contributed by atoms with Crippen molar-refractivity contribution in [3.8, 4) is 0 Å². The summed E-state index contributed by atoms with van der Waals surface area (Å²) in [6, 6.07) is 0. The Morgan fingerprint density at radius 1 is 0.281 bits per heavy atom. The molecule has 0 saturated heterocycles. The van der Waals surface area contributed by atoms with Crippen molar-refractivity contribution < 1.29 is 28.6 Å². The maximum Gasteiger partial charge on any atom is 0.306 e. The van der Waals surface area contributed by atoms with Gasteiger partial charge in [-0.2, -0.15) is 0 Å². The van der Waals surface area contributed by atoms with E-state index in [1.807, 2.05) is 0 Å². The predicted molar refractivity (Wildman–Crippen MR) is 243 cm³/mol. The molecule has 6 nitrogen and oxygen atoms in total. The van der Waals surface area contributed by atoms with E-state index in [0.29, 0.717) is 19.3 Å². The second kappa shape index (κ2) is 47.1. The summed E-state index contributed by atoms with van der Waals surface area (Å²) in [4.78, 5) is 37.8. The summed E-state index contributed by atoms with van der Waals surface area (Å²) in [6.07, 6.45) is 49.5. The molecule has 0 heterocycles. The van der Waals surface area contributed by atoms with Gasteiger partial charge in [-0.25, -0.2) is 0 Å². The molecule has 0 aliphatic rings. The molecule has 0 bridgehead atoms. The number of carbonyl (C=O) groups excluding carboxylic acids is 3. The predicted octanol–water partition coefficient (Wildman–Crippen LogP) is 16.4. The van der Waals surface area contributed by atoms with E-state index in [1.54, 1.807) is 0 Å². The highest BCUT2D eigenvalue weighted by molar-refractivity contribution is 5.71. The molecule has 0 aliphatic carbocycles. The van der Waals surface area contributed by atoms with Crippen LogP contribution < -0.4 is 0 Å². The van der Waals surface area contributed by atoms with Crippen molar-refractivity contribution in [2.75, 3.05) is 13.2 Å². The number of carbonyl (C=O) groups is 3. The zero-order valence-corrected chi connectivity index (χ0v) is 38.6. The SMILES string of the molecule is CCCCCCCCCCCCCCCCCCCC(=O)OCC(COC(=O)CCCCCCCCCC)OC(=O)CCCCCCCCCCCCCCCC. The van der Waals surface area contributed by atoms with Gasteiger partial charge in [0.05, 0.1) is 0 Å². The van der Waals surface area contributed by atoms with Gasteiger partial charge in [0.15, 0.2) is 6.10 Å². The van der Waals surface area contributed by atoms with Crippen LogP contribution in [0.25, 0.3) is 0 Å². The van der Waals surface area contributed by atoms with E-state index in [4.69, 9.17) is 14.2 Å². The third kappa shape index (κ3) is 45.3. The van der Waals surface area contributed by atoms with Gasteiger partial charge in [-0.3, -0.25) is 14.4 Å². The van der Waals surface area contributed by atoms with Crippen LogP contribution in [-0.4, -0.2) is 37.2 Å². The summed E-state index contributed by atoms with van der Waals surface area (Å²) in [5.41, 5.74) is 0. The smallest absolute Gasteiger partial charge is 0.306 e. The van der Waals surface area contributed by atoms with Crippen molar-refractivity contribution in [3.63, 3.8) is 0 Å². The van der Waals surface area contributed by atoms with Gasteiger partial charge in [0.1, 0.15) is 13.2 Å². The zero-order chi connectivity index (χ0) is 41.5. The first kappa shape index (κ1) is 55.4. The number of rotatable bonds is 47. The van der Waals surface area contributed by atoms with Crippen LogP contribution in [0.1, 0.15) is 290 Å². The van der Waals surface area contributed by atoms with E-state index in [-0.39, 0.29) is 31.1 Å². The Morgan fingerprint density at radius 3 is 0.702 bits per heavy atom. The van der Waals surface area contributed by atoms with Gasteiger partial charge in [0.25, 0.3) is 0 Å². The first-order valence-corrected chi connectivity index (χ1v) is 25.5. The molecule has 0 fully saturated rings. The lowest BCUT2D eigenvalue weighted by Crippen LogP contribution is -2.30. The zero-order valence-electron chi connectivity index (χ0n) is 38.6. The van der Waals surface area contributed by atoms with Gasteiger partial charge < -0.3 is 14.2 Å². The monoisotopic (exact) mass is 807 g/mol. The highest BCUT2D eigenvalue weighted by Gasteiger charge is 2.19. The fraction of sp³-hybridized carbons (Fsp3) is 0.941. The third-order valence-electron chi connectivity index (χ3n) is 11.6. The minimum atomic E-state index is -0.758. The largest absolute Gasteiger partial charge is 0.462 e. The second-order valence-corrected chi connectivity index (χ2v) is 17.5. The molecule has 0 amide bonds. The molecule has 0 aromatic carbocycles. The number of ether oxygens (including phenoxy) is 3. The summed E-state index contributed by atoms with van der Waals surface area (Å²) in [5.74, 6) is -0.847. The average molecular weight is 807 g/mol. The molecular formula is C51H98O6. The Kier molecular flexibility index (Phi) is 45.8. The third-order valence-corrected chi connectivity index (χ3v) is 11.6. The number of hydrogen-bond donors (Lipinski definition) is 0. The van der Waals surface area contributed by atoms with Crippen LogP contribution in [0.5, 0.6) is 0 Å². The van der Waals surface area contributed by atoms with E-state index in [9.17, 15) is 14.4 Å². The fourth-order valence-corrected chi connectivity index (χ4v) is 7.74. The molecule has 0 aromatic heterocycles. The van der Waals surface area contributed by atoms with Crippen LogP contribution in [0.3, 0.4) is 0 Å². The van der Waals surface area contributed by atoms with E-state index in [0.717, 1.165) is 57.8 Å². The summed E-state index contributed by atoms with van der Waals surface area (Å²) >= 11 is 0. The van der Waals surface area contributed by atoms with Crippen LogP contribution >= 0.6 is 0 Å². The van der Waals surface area contributed by atoms with Crippen molar-refractivity contribution in [2.24, 2.45) is 0 Å². The van der Waals surface area contributed by atoms with Crippen LogP contribution in [0.2, 0.25) is 0 Å². The minimum absolute atomic E-state index is 0.0622. The first-order valence-electron chi connectivity index (χ1n) is 25.5. The Morgan fingerprint density at radius 2 is 0.474 bits per heavy atom. The minimum Gasteiger partial charge on any atom is -0.462 e. The highest BCUT2D eigenvalue weighted by Crippen LogP contribution is 2.17. The maximum absolute atomic E-state index is 12.7. The normalized spacial score (nSPS) is 11.8. The van der Waals surface area contributed by atoms with Crippen molar-refractivity contribution in [3.05, 3.63) is 0 Å². The summed E-state index contributed by atoms with van der Waals surface area (Å²) in [6.45, 7) is 6.65. The molecule has 6 heteroatoms. The quantitative estimate of drug-likeness (QED) is 0.0346. The van der Waals surface area contributed by atoms with Crippen LogP contribution in [-0.2, 0) is 28.6 Å². The van der Waals surface area contributed by atoms with Gasteiger partial charge in [-0.1, -0.05) is 252 Å². The molecule has 338 valence electrons. The van der Waals surface area contributed by atoms with Crippen molar-refractivity contribution in [1.29, 1.82) is 0 Å². The number of hydrogen-bond acceptors (Lipinski definition) is 6. The lowest BCUT2D eigenvalue weighted by Gasteiger charge is -2.18. The van der Waals surface area contributed by atoms with Gasteiger partial charge in [-0.15, -0.1) is 0 Å². The molecule has 0 radical (unpaired) electrons. The topological polar surface area (TPSA) is 78.9 Å². The van der Waals surface area contributed by atoms with Gasteiger partial charge in [0, 0.05) is 19.3 Å². The van der Waals surface area contributed by atoms with Crippen molar-refractivity contribution in [1.82, 2.24) is 0 Å². The van der Waals surface area contributed by atoms with E-state index in [2.05, 4.69) is 20.8 Å². The van der Waals surface area contributed by atoms with Gasteiger partial charge >= 0.3 is 17.9 Å². The average Bonchev–Trinajstić information content (AvgIpc) is 3.21. The Bertz CT molecular complexity index is 844. The van der Waals surface area contributed by atoms with E-state index in [1.165, 1.54) is 193 Å². The van der Waals surface area contributed by atoms with E-state index < -0.39 is 6.10 Å². The number of unbranched alkanes of at least 4 members (excludes halogenated alkanes) is 36. The van der Waals surface area contributed by atoms with Crippen molar-refractivity contribution >= 4 is 17.9 Å². The standard InChI is InChI=1S/C51H98O6/c1-4-7-10-13-16-19-21-23-25-26-27-29-30-32-35-38-41-44-50(53)56-47-48(46-55-49(52)43-40-37-34-18-15-12-9-6-3)57-51(54)45-42-39-36-33-31-28-24-22-20-17-14-11-8-5-2/h48H,4-47H2,1-3H3. The lowest BCUT2D eigenvalue weighted by atomic mass is 10.0. The van der Waals surface area contributed by atoms with Crippen LogP contribution in [0, 0.1) is 0 Å². The summed E-state index contributed by atoms with van der Waals surface area (Å²) in [7, 11) is 0. The summed E-state index contributed by atoms with van der Waals surface area (Å²) in [5, 5.41) is 0. The molecule has 0 N–H and O–H groups in total. The maximum atomic E-state index is 12.7. The molecule has 0 aromatic rings. The Balaban J connectivity index is 4.22. The molecule has 57 heavy (non-hydrogen) atoms. The first-order chi connectivity index (χ1) is 28.0.